The number of anilines is 1. The number of fused-ring (bicyclic) bond motifs is 5. The molecule has 0 unspecified atom stereocenters. The van der Waals surface area contributed by atoms with E-state index in [-0.39, 0.29) is 23.7 Å². The molecule has 3 aliphatic rings. The molecule has 6 heteroatoms. The quantitative estimate of drug-likeness (QED) is 0.753. The van der Waals surface area contributed by atoms with Gasteiger partial charge in [0.25, 0.3) is 0 Å². The predicted octanol–water partition coefficient (Wildman–Crippen LogP) is 0.817. The standard InChI is InChI=1S/C15H14ClNO4/c16-6-1-3-7(4-2-6)17-14(20)10-8-5-9(11(10)15(17)21)13(19)12(8)18/h1-4,8-13,18-19H,5H2/t8-,9-,10-,11-,12-,13-/m0/s1. The summed E-state index contributed by atoms with van der Waals surface area (Å²) in [6.45, 7) is 0. The highest BCUT2D eigenvalue weighted by Gasteiger charge is 2.67. The highest BCUT2D eigenvalue weighted by molar-refractivity contribution is 6.30. The van der Waals surface area contributed by atoms with Crippen molar-refractivity contribution < 1.29 is 19.8 Å². The zero-order valence-corrected chi connectivity index (χ0v) is 11.8. The lowest BCUT2D eigenvalue weighted by molar-refractivity contribution is -0.129. The Morgan fingerprint density at radius 2 is 1.43 bits per heavy atom. The van der Waals surface area contributed by atoms with Gasteiger partial charge in [-0.1, -0.05) is 11.6 Å². The molecule has 2 bridgehead atoms. The van der Waals surface area contributed by atoms with Gasteiger partial charge in [0.05, 0.1) is 29.7 Å². The van der Waals surface area contributed by atoms with E-state index in [1.807, 2.05) is 0 Å². The molecule has 110 valence electrons. The Bertz CT molecular complexity index is 599. The molecule has 1 aromatic carbocycles. The zero-order valence-electron chi connectivity index (χ0n) is 11.0. The summed E-state index contributed by atoms with van der Waals surface area (Å²) in [5, 5.41) is 20.5. The highest BCUT2D eigenvalue weighted by Crippen LogP contribution is 2.56. The number of halogens is 1. The first kappa shape index (κ1) is 13.2. The third-order valence-corrected chi connectivity index (χ3v) is 5.43. The Balaban J connectivity index is 1.73. The van der Waals surface area contributed by atoms with Gasteiger partial charge < -0.3 is 10.2 Å². The van der Waals surface area contributed by atoms with Crippen molar-refractivity contribution in [3.05, 3.63) is 29.3 Å². The summed E-state index contributed by atoms with van der Waals surface area (Å²) in [6.07, 6.45) is -1.26. The van der Waals surface area contributed by atoms with Crippen LogP contribution in [0.4, 0.5) is 5.69 Å². The van der Waals surface area contributed by atoms with Crippen LogP contribution in [0.2, 0.25) is 5.02 Å². The summed E-state index contributed by atoms with van der Waals surface area (Å²) in [4.78, 5) is 26.4. The van der Waals surface area contributed by atoms with Gasteiger partial charge in [-0.05, 0) is 30.7 Å². The van der Waals surface area contributed by atoms with E-state index in [0.717, 1.165) is 0 Å². The number of nitrogens with zero attached hydrogens (tertiary/aromatic N) is 1. The molecule has 1 aromatic rings. The van der Waals surface area contributed by atoms with Crippen molar-refractivity contribution >= 4 is 29.1 Å². The van der Waals surface area contributed by atoms with Gasteiger partial charge in [-0.15, -0.1) is 0 Å². The molecule has 5 nitrogen and oxygen atoms in total. The van der Waals surface area contributed by atoms with Crippen molar-refractivity contribution in [2.45, 2.75) is 18.6 Å². The Morgan fingerprint density at radius 3 is 1.90 bits per heavy atom. The smallest absolute Gasteiger partial charge is 0.238 e. The lowest BCUT2D eigenvalue weighted by atomic mass is 9.78. The van der Waals surface area contributed by atoms with Crippen LogP contribution in [-0.2, 0) is 9.59 Å². The molecule has 2 saturated carbocycles. The van der Waals surface area contributed by atoms with Crippen molar-refractivity contribution in [1.82, 2.24) is 0 Å². The van der Waals surface area contributed by atoms with Gasteiger partial charge in [0.1, 0.15) is 0 Å². The number of amides is 2. The van der Waals surface area contributed by atoms with Crippen LogP contribution in [0.1, 0.15) is 6.42 Å². The second kappa shape index (κ2) is 4.29. The summed E-state index contributed by atoms with van der Waals surface area (Å²) in [5.74, 6) is -2.18. The van der Waals surface area contributed by atoms with Crippen molar-refractivity contribution in [3.8, 4) is 0 Å². The number of aliphatic hydroxyl groups excluding tert-OH is 2. The third-order valence-electron chi connectivity index (χ3n) is 5.18. The lowest BCUT2D eigenvalue weighted by Gasteiger charge is -2.29. The summed E-state index contributed by atoms with van der Waals surface area (Å²) in [6, 6.07) is 6.52. The fourth-order valence-electron chi connectivity index (χ4n) is 4.28. The molecule has 2 amide bonds. The Kier molecular flexibility index (Phi) is 2.70. The first-order chi connectivity index (χ1) is 10.0. The van der Waals surface area contributed by atoms with Crippen LogP contribution >= 0.6 is 11.6 Å². The molecule has 0 radical (unpaired) electrons. The summed E-state index contributed by atoms with van der Waals surface area (Å²) >= 11 is 5.83. The van der Waals surface area contributed by atoms with Crippen LogP contribution in [0.5, 0.6) is 0 Å². The minimum Gasteiger partial charge on any atom is -0.390 e. The molecule has 1 heterocycles. The molecule has 4 rings (SSSR count). The van der Waals surface area contributed by atoms with E-state index in [1.54, 1.807) is 24.3 Å². The van der Waals surface area contributed by atoms with Crippen LogP contribution in [-0.4, -0.2) is 34.2 Å². The number of hydrogen-bond acceptors (Lipinski definition) is 4. The fourth-order valence-corrected chi connectivity index (χ4v) is 4.40. The number of aliphatic hydroxyl groups is 2. The van der Waals surface area contributed by atoms with Gasteiger partial charge in [-0.2, -0.15) is 0 Å². The van der Waals surface area contributed by atoms with E-state index < -0.39 is 24.0 Å². The van der Waals surface area contributed by atoms with Gasteiger partial charge in [0.15, 0.2) is 0 Å². The number of benzene rings is 1. The third kappa shape index (κ3) is 1.59. The SMILES string of the molecule is O=C1[C@H]2[C@@H]3C[C@H]([C@H](O)[C@H]3O)[C@@H]2C(=O)N1c1ccc(Cl)cc1. The first-order valence-corrected chi connectivity index (χ1v) is 7.38. The number of carbonyl (C=O) groups is 2. The van der Waals surface area contributed by atoms with Crippen molar-refractivity contribution in [1.29, 1.82) is 0 Å². The molecule has 2 N–H and O–H groups in total. The molecular formula is C15H14ClNO4. The van der Waals surface area contributed by atoms with Crippen LogP contribution in [0.3, 0.4) is 0 Å². The number of imide groups is 1. The molecule has 6 atom stereocenters. The van der Waals surface area contributed by atoms with Gasteiger partial charge >= 0.3 is 0 Å². The molecule has 1 aliphatic heterocycles. The average Bonchev–Trinajstić information content (AvgIpc) is 3.06. The van der Waals surface area contributed by atoms with Crippen molar-refractivity contribution in [3.63, 3.8) is 0 Å². The maximum atomic E-state index is 12.6. The van der Waals surface area contributed by atoms with Crippen LogP contribution in [0.15, 0.2) is 24.3 Å². The molecule has 2 aliphatic carbocycles. The van der Waals surface area contributed by atoms with Crippen LogP contribution in [0, 0.1) is 23.7 Å². The summed E-state index contributed by atoms with van der Waals surface area (Å²) < 4.78 is 0. The Labute approximate surface area is 126 Å². The minimum absolute atomic E-state index is 0.272. The number of hydrogen-bond donors (Lipinski definition) is 2. The van der Waals surface area contributed by atoms with E-state index in [0.29, 0.717) is 17.1 Å². The molecule has 0 aromatic heterocycles. The van der Waals surface area contributed by atoms with E-state index >= 15 is 0 Å². The second-order valence-electron chi connectivity index (χ2n) is 6.08. The Hall–Kier alpha value is -1.43. The van der Waals surface area contributed by atoms with Gasteiger partial charge in [-0.25, -0.2) is 0 Å². The average molecular weight is 308 g/mol. The van der Waals surface area contributed by atoms with E-state index in [1.165, 1.54) is 4.90 Å². The molecule has 0 spiro atoms. The van der Waals surface area contributed by atoms with Crippen molar-refractivity contribution in [2.75, 3.05) is 4.90 Å². The maximum Gasteiger partial charge on any atom is 0.238 e. The largest absolute Gasteiger partial charge is 0.390 e. The van der Waals surface area contributed by atoms with Crippen LogP contribution in [0.25, 0.3) is 0 Å². The van der Waals surface area contributed by atoms with E-state index in [2.05, 4.69) is 0 Å². The topological polar surface area (TPSA) is 77.8 Å². The first-order valence-electron chi connectivity index (χ1n) is 7.00. The second-order valence-corrected chi connectivity index (χ2v) is 6.52. The lowest BCUT2D eigenvalue weighted by Crippen LogP contribution is -2.43. The van der Waals surface area contributed by atoms with Gasteiger partial charge in [0.2, 0.25) is 11.8 Å². The predicted molar refractivity (Wildman–Crippen MR) is 74.5 cm³/mol. The molecule has 21 heavy (non-hydrogen) atoms. The maximum absolute atomic E-state index is 12.6. The fraction of sp³-hybridized carbons (Fsp3) is 0.467. The van der Waals surface area contributed by atoms with Crippen LogP contribution < -0.4 is 4.90 Å². The Morgan fingerprint density at radius 1 is 0.952 bits per heavy atom. The normalized spacial score (nSPS) is 41.0. The highest BCUT2D eigenvalue weighted by atomic mass is 35.5. The monoisotopic (exact) mass is 307 g/mol. The van der Waals surface area contributed by atoms with Gasteiger partial charge in [-0.3, -0.25) is 14.5 Å². The van der Waals surface area contributed by atoms with E-state index in [4.69, 9.17) is 11.6 Å². The molecule has 1 saturated heterocycles. The summed E-state index contributed by atoms with van der Waals surface area (Å²) in [5.41, 5.74) is 0.493. The minimum atomic E-state index is -0.904. The molecule has 3 fully saturated rings. The molecular weight excluding hydrogens is 294 g/mol. The van der Waals surface area contributed by atoms with E-state index in [9.17, 15) is 19.8 Å². The zero-order chi connectivity index (χ0) is 14.9. The number of carbonyl (C=O) groups excluding carboxylic acids is 2. The van der Waals surface area contributed by atoms with Crippen molar-refractivity contribution in [2.24, 2.45) is 23.7 Å². The summed E-state index contributed by atoms with van der Waals surface area (Å²) in [7, 11) is 0. The number of rotatable bonds is 1. The van der Waals surface area contributed by atoms with Gasteiger partial charge in [0, 0.05) is 16.9 Å².